The maximum absolute atomic E-state index is 11.7. The van der Waals surface area contributed by atoms with E-state index in [-0.39, 0.29) is 5.91 Å². The van der Waals surface area contributed by atoms with Crippen LogP contribution in [0.1, 0.15) is 24.8 Å². The molecule has 0 spiro atoms. The fourth-order valence-electron chi connectivity index (χ4n) is 1.44. The largest absolute Gasteiger partial charge is 0.393 e. The zero-order valence-corrected chi connectivity index (χ0v) is 9.76. The summed E-state index contributed by atoms with van der Waals surface area (Å²) in [4.78, 5) is 11.7. The SMILES string of the molecule is CC(O)CCNC(=O)C(C#N)c1ccccc1. The highest BCUT2D eigenvalue weighted by Crippen LogP contribution is 2.14. The highest BCUT2D eigenvalue weighted by Gasteiger charge is 2.19. The van der Waals surface area contributed by atoms with Crippen molar-refractivity contribution < 1.29 is 9.90 Å². The molecule has 4 heteroatoms. The molecule has 0 aliphatic carbocycles. The van der Waals surface area contributed by atoms with Crippen LogP contribution in [0.15, 0.2) is 30.3 Å². The van der Waals surface area contributed by atoms with Gasteiger partial charge in [-0.25, -0.2) is 0 Å². The molecule has 0 aliphatic rings. The quantitative estimate of drug-likeness (QED) is 0.800. The van der Waals surface area contributed by atoms with Crippen molar-refractivity contribution >= 4 is 5.91 Å². The first kappa shape index (κ1) is 13.2. The van der Waals surface area contributed by atoms with Gasteiger partial charge in [-0.05, 0) is 18.9 Å². The van der Waals surface area contributed by atoms with Gasteiger partial charge in [-0.1, -0.05) is 30.3 Å². The summed E-state index contributed by atoms with van der Waals surface area (Å²) in [7, 11) is 0. The van der Waals surface area contributed by atoms with E-state index in [1.54, 1.807) is 31.2 Å². The van der Waals surface area contributed by atoms with E-state index in [9.17, 15) is 4.79 Å². The van der Waals surface area contributed by atoms with Gasteiger partial charge in [0, 0.05) is 6.54 Å². The first-order valence-corrected chi connectivity index (χ1v) is 5.55. The van der Waals surface area contributed by atoms with Crippen LogP contribution in [0.2, 0.25) is 0 Å². The van der Waals surface area contributed by atoms with Crippen molar-refractivity contribution in [2.45, 2.75) is 25.4 Å². The smallest absolute Gasteiger partial charge is 0.241 e. The number of nitrogens with one attached hydrogen (secondary N) is 1. The van der Waals surface area contributed by atoms with Crippen molar-refractivity contribution in [3.8, 4) is 6.07 Å². The van der Waals surface area contributed by atoms with Crippen molar-refractivity contribution in [3.05, 3.63) is 35.9 Å². The first-order chi connectivity index (χ1) is 8.15. The summed E-state index contributed by atoms with van der Waals surface area (Å²) in [5.41, 5.74) is 0.685. The van der Waals surface area contributed by atoms with Gasteiger partial charge in [0.15, 0.2) is 0 Å². The monoisotopic (exact) mass is 232 g/mol. The molecule has 4 nitrogen and oxygen atoms in total. The van der Waals surface area contributed by atoms with E-state index in [2.05, 4.69) is 5.32 Å². The molecule has 0 aromatic heterocycles. The van der Waals surface area contributed by atoms with Crippen LogP contribution in [0.5, 0.6) is 0 Å². The Balaban J connectivity index is 2.57. The van der Waals surface area contributed by atoms with Crippen LogP contribution in [0.25, 0.3) is 0 Å². The summed E-state index contributed by atoms with van der Waals surface area (Å²) in [5.74, 6) is -1.11. The fourth-order valence-corrected chi connectivity index (χ4v) is 1.44. The molecule has 2 N–H and O–H groups in total. The summed E-state index contributed by atoms with van der Waals surface area (Å²) >= 11 is 0. The van der Waals surface area contributed by atoms with E-state index < -0.39 is 12.0 Å². The number of amides is 1. The Labute approximate surface area is 101 Å². The van der Waals surface area contributed by atoms with E-state index in [0.717, 1.165) is 0 Å². The van der Waals surface area contributed by atoms with Crippen molar-refractivity contribution in [1.82, 2.24) is 5.32 Å². The number of aliphatic hydroxyl groups excluding tert-OH is 1. The molecule has 17 heavy (non-hydrogen) atoms. The predicted molar refractivity (Wildman–Crippen MR) is 64.1 cm³/mol. The van der Waals surface area contributed by atoms with Gasteiger partial charge in [0.25, 0.3) is 0 Å². The third-order valence-corrected chi connectivity index (χ3v) is 2.39. The van der Waals surface area contributed by atoms with Crippen LogP contribution >= 0.6 is 0 Å². The average Bonchev–Trinajstić information content (AvgIpc) is 2.31. The standard InChI is InChI=1S/C13H16N2O2/c1-10(16)7-8-15-13(17)12(9-14)11-5-3-2-4-6-11/h2-6,10,12,16H,7-8H2,1H3,(H,15,17). The number of rotatable bonds is 5. The van der Waals surface area contributed by atoms with Gasteiger partial charge in [-0.2, -0.15) is 5.26 Å². The maximum Gasteiger partial charge on any atom is 0.241 e. The van der Waals surface area contributed by atoms with Gasteiger partial charge >= 0.3 is 0 Å². The van der Waals surface area contributed by atoms with Gasteiger partial charge in [-0.3, -0.25) is 4.79 Å². The first-order valence-electron chi connectivity index (χ1n) is 5.55. The van der Waals surface area contributed by atoms with Gasteiger partial charge in [0.2, 0.25) is 5.91 Å². The lowest BCUT2D eigenvalue weighted by molar-refractivity contribution is -0.121. The molecule has 0 aliphatic heterocycles. The Morgan fingerprint density at radius 1 is 1.47 bits per heavy atom. The molecule has 1 amide bonds. The molecule has 1 rings (SSSR count). The van der Waals surface area contributed by atoms with Crippen molar-refractivity contribution in [1.29, 1.82) is 5.26 Å². The van der Waals surface area contributed by atoms with E-state index in [1.165, 1.54) is 0 Å². The second-order valence-electron chi connectivity index (χ2n) is 3.90. The second-order valence-corrected chi connectivity index (χ2v) is 3.90. The second kappa shape index (κ2) is 6.66. The Hall–Kier alpha value is -1.86. The molecule has 0 saturated heterocycles. The number of carbonyl (C=O) groups excluding carboxylic acids is 1. The molecule has 0 fully saturated rings. The van der Waals surface area contributed by atoms with Crippen LogP contribution in [0.4, 0.5) is 0 Å². The van der Waals surface area contributed by atoms with Crippen molar-refractivity contribution in [2.24, 2.45) is 0 Å². The number of benzene rings is 1. The van der Waals surface area contributed by atoms with Crippen LogP contribution in [0, 0.1) is 11.3 Å². The maximum atomic E-state index is 11.7. The third-order valence-electron chi connectivity index (χ3n) is 2.39. The molecule has 1 aromatic rings. The van der Waals surface area contributed by atoms with Crippen LogP contribution in [0.3, 0.4) is 0 Å². The van der Waals surface area contributed by atoms with Crippen LogP contribution < -0.4 is 5.32 Å². The van der Waals surface area contributed by atoms with E-state index >= 15 is 0 Å². The summed E-state index contributed by atoms with van der Waals surface area (Å²) in [6, 6.07) is 10.9. The topological polar surface area (TPSA) is 73.1 Å². The molecule has 0 bridgehead atoms. The van der Waals surface area contributed by atoms with Gasteiger partial charge in [0.1, 0.15) is 5.92 Å². The highest BCUT2D eigenvalue weighted by atomic mass is 16.3. The number of nitrogens with zero attached hydrogens (tertiary/aromatic N) is 1. The Morgan fingerprint density at radius 2 is 2.12 bits per heavy atom. The molecule has 90 valence electrons. The Kier molecular flexibility index (Phi) is 5.18. The third kappa shape index (κ3) is 4.25. The number of aliphatic hydroxyl groups is 1. The normalized spacial score (nSPS) is 13.5. The zero-order chi connectivity index (χ0) is 12.7. The van der Waals surface area contributed by atoms with Gasteiger partial charge in [-0.15, -0.1) is 0 Å². The van der Waals surface area contributed by atoms with Gasteiger partial charge in [0.05, 0.1) is 12.2 Å². The minimum Gasteiger partial charge on any atom is -0.393 e. The number of nitriles is 1. The minimum atomic E-state index is -0.787. The summed E-state index contributed by atoms with van der Waals surface area (Å²) in [6.45, 7) is 2.03. The van der Waals surface area contributed by atoms with E-state index in [1.807, 2.05) is 12.1 Å². The predicted octanol–water partition coefficient (Wildman–Crippen LogP) is 1.18. The lowest BCUT2D eigenvalue weighted by atomic mass is 10.00. The molecule has 0 radical (unpaired) electrons. The molecular weight excluding hydrogens is 216 g/mol. The van der Waals surface area contributed by atoms with E-state index in [4.69, 9.17) is 10.4 Å². The van der Waals surface area contributed by atoms with Crippen LogP contribution in [-0.4, -0.2) is 23.7 Å². The zero-order valence-electron chi connectivity index (χ0n) is 9.76. The number of hydrogen-bond acceptors (Lipinski definition) is 3. The molecule has 2 atom stereocenters. The Morgan fingerprint density at radius 3 is 2.65 bits per heavy atom. The fraction of sp³-hybridized carbons (Fsp3) is 0.385. The summed E-state index contributed by atoms with van der Waals surface area (Å²) in [6.07, 6.45) is 0.0335. The lowest BCUT2D eigenvalue weighted by Gasteiger charge is -2.11. The number of hydrogen-bond donors (Lipinski definition) is 2. The molecule has 2 unspecified atom stereocenters. The van der Waals surface area contributed by atoms with E-state index in [0.29, 0.717) is 18.5 Å². The lowest BCUT2D eigenvalue weighted by Crippen LogP contribution is -2.30. The minimum absolute atomic E-state index is 0.320. The average molecular weight is 232 g/mol. The molecular formula is C13H16N2O2. The molecule has 0 heterocycles. The van der Waals surface area contributed by atoms with Crippen molar-refractivity contribution in [2.75, 3.05) is 6.54 Å². The summed E-state index contributed by atoms with van der Waals surface area (Å²) < 4.78 is 0. The van der Waals surface area contributed by atoms with Crippen LogP contribution in [-0.2, 0) is 4.79 Å². The Bertz CT molecular complexity index is 396. The van der Waals surface area contributed by atoms with Gasteiger partial charge < -0.3 is 10.4 Å². The highest BCUT2D eigenvalue weighted by molar-refractivity contribution is 5.86. The number of carbonyl (C=O) groups is 1. The molecule has 0 saturated carbocycles. The van der Waals surface area contributed by atoms with Crippen molar-refractivity contribution in [3.63, 3.8) is 0 Å². The summed E-state index contributed by atoms with van der Waals surface area (Å²) in [5, 5.41) is 20.7. The molecule has 1 aromatic carbocycles.